The summed E-state index contributed by atoms with van der Waals surface area (Å²) in [5.74, 6) is -0.494. The molecule has 1 atom stereocenters. The summed E-state index contributed by atoms with van der Waals surface area (Å²) in [7, 11) is 0. The molecule has 1 aliphatic heterocycles. The molecule has 6 nitrogen and oxygen atoms in total. The average molecular weight is 448 g/mol. The van der Waals surface area contributed by atoms with Gasteiger partial charge in [0.25, 0.3) is 11.8 Å². The molecule has 1 aliphatic rings. The number of carbonyl (C=O) groups excluding carboxylic acids is 2. The Morgan fingerprint density at radius 1 is 1.28 bits per heavy atom. The van der Waals surface area contributed by atoms with E-state index >= 15 is 0 Å². The zero-order valence-corrected chi connectivity index (χ0v) is 18.4. The Labute approximate surface area is 185 Å². The smallest absolute Gasteiger partial charge is 0.351 e. The minimum atomic E-state index is -4.13. The molecule has 1 unspecified atom stereocenters. The van der Waals surface area contributed by atoms with E-state index in [4.69, 9.17) is 0 Å². The molecule has 172 valence electrons. The highest BCUT2D eigenvalue weighted by Crippen LogP contribution is 2.32. The van der Waals surface area contributed by atoms with E-state index in [2.05, 4.69) is 15.3 Å². The molecule has 0 fully saturated rings. The third kappa shape index (κ3) is 5.26. The Balaban J connectivity index is 1.71. The quantitative estimate of drug-likeness (QED) is 0.603. The van der Waals surface area contributed by atoms with Gasteiger partial charge in [-0.2, -0.15) is 13.2 Å². The van der Waals surface area contributed by atoms with Gasteiger partial charge < -0.3 is 10.2 Å². The lowest BCUT2D eigenvalue weighted by molar-refractivity contribution is -0.135. The number of rotatable bonds is 8. The van der Waals surface area contributed by atoms with E-state index in [1.807, 2.05) is 26.8 Å². The number of unbranched alkanes of at least 4 members (excludes halogenated alkanes) is 1. The summed E-state index contributed by atoms with van der Waals surface area (Å²) >= 11 is 0. The molecule has 2 aromatic heterocycles. The van der Waals surface area contributed by atoms with Crippen molar-refractivity contribution in [1.29, 1.82) is 0 Å². The van der Waals surface area contributed by atoms with Gasteiger partial charge in [-0.3, -0.25) is 19.6 Å². The second kappa shape index (κ2) is 9.67. The van der Waals surface area contributed by atoms with Crippen LogP contribution in [0.15, 0.2) is 24.5 Å². The predicted molar refractivity (Wildman–Crippen MR) is 113 cm³/mol. The molecule has 3 rings (SSSR count). The maximum absolute atomic E-state index is 13.0. The minimum absolute atomic E-state index is 0.0869. The molecule has 3 heterocycles. The van der Waals surface area contributed by atoms with Crippen molar-refractivity contribution in [1.82, 2.24) is 20.2 Å². The molecular formula is C23H27F3N4O2. The molecule has 9 heteroatoms. The number of hydrogen-bond acceptors (Lipinski definition) is 4. The summed E-state index contributed by atoms with van der Waals surface area (Å²) in [6, 6.07) is 3.16. The van der Waals surface area contributed by atoms with Gasteiger partial charge in [-0.1, -0.05) is 0 Å². The molecule has 0 spiro atoms. The summed E-state index contributed by atoms with van der Waals surface area (Å²) in [5, 5.41) is 2.72. The van der Waals surface area contributed by atoms with Gasteiger partial charge in [-0.05, 0) is 63.3 Å². The second-order valence-corrected chi connectivity index (χ2v) is 8.01. The fourth-order valence-electron chi connectivity index (χ4n) is 3.90. The Morgan fingerprint density at radius 2 is 2.03 bits per heavy atom. The van der Waals surface area contributed by atoms with Crippen molar-refractivity contribution in [3.63, 3.8) is 0 Å². The van der Waals surface area contributed by atoms with Crippen molar-refractivity contribution >= 4 is 11.8 Å². The summed E-state index contributed by atoms with van der Waals surface area (Å²) in [4.78, 5) is 35.6. The van der Waals surface area contributed by atoms with E-state index in [9.17, 15) is 22.8 Å². The Bertz CT molecular complexity index is 1010. The van der Waals surface area contributed by atoms with Crippen LogP contribution in [0.5, 0.6) is 0 Å². The molecule has 0 saturated heterocycles. The van der Waals surface area contributed by atoms with Gasteiger partial charge in [0.1, 0.15) is 5.69 Å². The third-order valence-corrected chi connectivity index (χ3v) is 5.72. The molecule has 0 saturated carbocycles. The number of carbonyl (C=O) groups is 2. The maximum atomic E-state index is 13.0. The van der Waals surface area contributed by atoms with E-state index in [-0.39, 0.29) is 36.5 Å². The largest absolute Gasteiger partial charge is 0.389 e. The third-order valence-electron chi connectivity index (χ3n) is 5.72. The molecule has 2 aromatic rings. The highest BCUT2D eigenvalue weighted by atomic mass is 19.4. The fourth-order valence-corrected chi connectivity index (χ4v) is 3.90. The standard InChI is InChI=1S/C23H27F3N4O2/c1-4-27-21(31)20-18-13-30(22(32)17(18)8-10-28-20)15(3)19-11-14(2)16(12-29-19)7-5-6-9-23(24,25)26/h8,10-12,15H,4-7,9,13H2,1-3H3,(H,27,31). The van der Waals surface area contributed by atoms with Crippen LogP contribution in [0.4, 0.5) is 13.2 Å². The van der Waals surface area contributed by atoms with Crippen LogP contribution in [-0.2, 0) is 13.0 Å². The van der Waals surface area contributed by atoms with Gasteiger partial charge in [-0.15, -0.1) is 0 Å². The highest BCUT2D eigenvalue weighted by Gasteiger charge is 2.35. The number of pyridine rings is 2. The Morgan fingerprint density at radius 3 is 2.69 bits per heavy atom. The first kappa shape index (κ1) is 23.7. The van der Waals surface area contributed by atoms with Crippen molar-refractivity contribution in [2.75, 3.05) is 6.54 Å². The van der Waals surface area contributed by atoms with Crippen LogP contribution in [0, 0.1) is 6.92 Å². The topological polar surface area (TPSA) is 75.2 Å². The van der Waals surface area contributed by atoms with Gasteiger partial charge in [0.05, 0.1) is 11.7 Å². The number of halogens is 3. The lowest BCUT2D eigenvalue weighted by Gasteiger charge is -2.24. The summed E-state index contributed by atoms with van der Waals surface area (Å²) in [5.41, 5.74) is 3.85. The molecule has 2 amide bonds. The Hall–Kier alpha value is -2.97. The lowest BCUT2D eigenvalue weighted by atomic mass is 10.0. The first-order valence-corrected chi connectivity index (χ1v) is 10.7. The van der Waals surface area contributed by atoms with Gasteiger partial charge in [0, 0.05) is 43.0 Å². The molecular weight excluding hydrogens is 421 g/mol. The number of aromatic nitrogens is 2. The van der Waals surface area contributed by atoms with Crippen LogP contribution in [0.3, 0.4) is 0 Å². The van der Waals surface area contributed by atoms with E-state index in [1.54, 1.807) is 17.2 Å². The number of nitrogens with zero attached hydrogens (tertiary/aromatic N) is 3. The van der Waals surface area contributed by atoms with Crippen molar-refractivity contribution in [2.45, 2.75) is 65.2 Å². The van der Waals surface area contributed by atoms with Crippen LogP contribution in [0.1, 0.15) is 82.4 Å². The summed E-state index contributed by atoms with van der Waals surface area (Å²) < 4.78 is 37.0. The lowest BCUT2D eigenvalue weighted by Crippen LogP contribution is -2.28. The van der Waals surface area contributed by atoms with E-state index in [1.165, 1.54) is 6.20 Å². The molecule has 0 aliphatic carbocycles. The zero-order chi connectivity index (χ0) is 23.5. The van der Waals surface area contributed by atoms with Crippen LogP contribution in [0.2, 0.25) is 0 Å². The van der Waals surface area contributed by atoms with Crippen molar-refractivity contribution in [2.24, 2.45) is 0 Å². The molecule has 0 aromatic carbocycles. The SMILES string of the molecule is CCNC(=O)c1nccc2c1CN(C(C)c1cc(C)c(CCCCC(F)(F)F)cn1)C2=O. The first-order chi connectivity index (χ1) is 15.1. The van der Waals surface area contributed by atoms with Gasteiger partial charge >= 0.3 is 6.18 Å². The molecule has 1 N–H and O–H groups in total. The van der Waals surface area contributed by atoms with E-state index in [0.717, 1.165) is 11.1 Å². The second-order valence-electron chi connectivity index (χ2n) is 8.01. The maximum Gasteiger partial charge on any atom is 0.389 e. The molecule has 0 radical (unpaired) electrons. The van der Waals surface area contributed by atoms with Crippen molar-refractivity contribution in [3.05, 3.63) is 58.2 Å². The normalized spacial score (nSPS) is 14.4. The van der Waals surface area contributed by atoms with Gasteiger partial charge in [0.15, 0.2) is 0 Å². The summed E-state index contributed by atoms with van der Waals surface area (Å²) in [6.07, 6.45) is -0.705. The molecule has 0 bridgehead atoms. The summed E-state index contributed by atoms with van der Waals surface area (Å²) in [6.45, 7) is 6.30. The van der Waals surface area contributed by atoms with Gasteiger partial charge in [-0.25, -0.2) is 0 Å². The average Bonchev–Trinajstić information content (AvgIpc) is 3.07. The van der Waals surface area contributed by atoms with Gasteiger partial charge in [0.2, 0.25) is 0 Å². The number of hydrogen-bond donors (Lipinski definition) is 1. The van der Waals surface area contributed by atoms with E-state index < -0.39 is 12.6 Å². The minimum Gasteiger partial charge on any atom is -0.351 e. The monoisotopic (exact) mass is 448 g/mol. The van der Waals surface area contributed by atoms with Crippen molar-refractivity contribution < 1.29 is 22.8 Å². The molecule has 32 heavy (non-hydrogen) atoms. The zero-order valence-electron chi connectivity index (χ0n) is 18.4. The van der Waals surface area contributed by atoms with Crippen LogP contribution in [-0.4, -0.2) is 39.4 Å². The Kier molecular flexibility index (Phi) is 7.16. The van der Waals surface area contributed by atoms with Crippen molar-refractivity contribution in [3.8, 4) is 0 Å². The van der Waals surface area contributed by atoms with Crippen LogP contribution >= 0.6 is 0 Å². The van der Waals surface area contributed by atoms with E-state index in [0.29, 0.717) is 36.2 Å². The number of alkyl halides is 3. The number of amides is 2. The number of nitrogens with one attached hydrogen (secondary N) is 1. The van der Waals surface area contributed by atoms with Crippen LogP contribution < -0.4 is 5.32 Å². The number of fused-ring (bicyclic) bond motifs is 1. The number of aryl methyl sites for hydroxylation is 2. The predicted octanol–water partition coefficient (Wildman–Crippen LogP) is 4.53. The fraction of sp³-hybridized carbons (Fsp3) is 0.478. The van der Waals surface area contributed by atoms with Crippen LogP contribution in [0.25, 0.3) is 0 Å². The highest BCUT2D eigenvalue weighted by molar-refractivity contribution is 6.03. The first-order valence-electron chi connectivity index (χ1n) is 10.7.